The van der Waals surface area contributed by atoms with Crippen molar-refractivity contribution in [1.82, 2.24) is 0 Å². The van der Waals surface area contributed by atoms with Crippen LogP contribution in [-0.2, 0) is 19.2 Å². The largest absolute Gasteiger partial charge is 0.481 e. The minimum absolute atomic E-state index is 0.0739. The first kappa shape index (κ1) is 28.6. The van der Waals surface area contributed by atoms with E-state index in [2.05, 4.69) is 0 Å². The van der Waals surface area contributed by atoms with E-state index in [0.29, 0.717) is 12.0 Å². The number of rotatable bonds is 8. The summed E-state index contributed by atoms with van der Waals surface area (Å²) in [5.74, 6) is -5.51. The summed E-state index contributed by atoms with van der Waals surface area (Å²) in [7, 11) is 0. The van der Waals surface area contributed by atoms with Gasteiger partial charge in [-0.3, -0.25) is 19.2 Å². The lowest BCUT2D eigenvalue weighted by Gasteiger charge is -2.64. The van der Waals surface area contributed by atoms with Crippen LogP contribution in [0.5, 0.6) is 0 Å². The van der Waals surface area contributed by atoms with Gasteiger partial charge in [0.15, 0.2) is 17.2 Å². The van der Waals surface area contributed by atoms with Crippen LogP contribution >= 0.6 is 0 Å². The van der Waals surface area contributed by atoms with Crippen molar-refractivity contribution in [3.05, 3.63) is 22.8 Å². The second kappa shape index (κ2) is 9.34. The molecular weight excluding hydrogens is 499 g/mol. The number of halogens is 1. The molecule has 0 saturated heterocycles. The predicted molar refractivity (Wildman–Crippen MR) is 132 cm³/mol. The molecule has 0 heterocycles. The van der Waals surface area contributed by atoms with Crippen LogP contribution in [0, 0.1) is 28.6 Å². The van der Waals surface area contributed by atoms with E-state index in [1.54, 1.807) is 20.8 Å². The highest BCUT2D eigenvalue weighted by Gasteiger charge is 2.76. The number of Topliss-reactive ketones (excluding diaryl/α,β-unsaturated/α-hetero) is 1. The molecule has 210 valence electrons. The summed E-state index contributed by atoms with van der Waals surface area (Å²) in [4.78, 5) is 48.8. The number of hydrogen-bond donors (Lipinski definition) is 5. The molecule has 5 N–H and O–H groups in total. The monoisotopic (exact) mass is 536 g/mol. The van der Waals surface area contributed by atoms with E-state index in [1.165, 1.54) is 6.08 Å². The van der Waals surface area contributed by atoms with E-state index in [4.69, 9.17) is 0 Å². The average Bonchev–Trinajstić information content (AvgIpc) is 3.03. The molecule has 10 heteroatoms. The Bertz CT molecular complexity index is 1140. The highest BCUT2D eigenvalue weighted by Crippen LogP contribution is 2.72. The van der Waals surface area contributed by atoms with E-state index >= 15 is 4.39 Å². The Balaban J connectivity index is 1.89. The Hall–Kier alpha value is -2.43. The number of alkyl halides is 1. The lowest BCUT2D eigenvalue weighted by atomic mass is 9.42. The summed E-state index contributed by atoms with van der Waals surface area (Å²) in [6, 6.07) is 0. The van der Waals surface area contributed by atoms with Crippen LogP contribution in [0.25, 0.3) is 0 Å². The molecule has 0 radical (unpaired) electrons. The highest BCUT2D eigenvalue weighted by molar-refractivity contribution is 6.07. The maximum atomic E-state index is 18.0. The molecule has 3 saturated carbocycles. The average molecular weight is 537 g/mol. The van der Waals surface area contributed by atoms with Gasteiger partial charge in [0.05, 0.1) is 6.10 Å². The summed E-state index contributed by atoms with van der Waals surface area (Å²) in [5, 5.41) is 51.6. The molecule has 38 heavy (non-hydrogen) atoms. The van der Waals surface area contributed by atoms with Crippen molar-refractivity contribution in [3.63, 3.8) is 0 Å². The molecule has 9 nitrogen and oxygen atoms in total. The number of carbonyl (C=O) groups excluding carboxylic acids is 2. The van der Waals surface area contributed by atoms with Gasteiger partial charge in [0.1, 0.15) is 12.2 Å². The first-order valence-corrected chi connectivity index (χ1v) is 13.3. The van der Waals surface area contributed by atoms with Crippen molar-refractivity contribution in [2.24, 2.45) is 28.6 Å². The Kier molecular flexibility index (Phi) is 7.03. The van der Waals surface area contributed by atoms with Crippen molar-refractivity contribution in [2.45, 2.75) is 89.5 Å². The molecule has 4 rings (SSSR count). The van der Waals surface area contributed by atoms with Gasteiger partial charge in [0.2, 0.25) is 0 Å². The number of aliphatic hydroxyl groups excluding tert-OH is 2. The zero-order valence-electron chi connectivity index (χ0n) is 22.0. The Morgan fingerprint density at radius 1 is 1.08 bits per heavy atom. The van der Waals surface area contributed by atoms with Gasteiger partial charge in [-0.25, -0.2) is 4.39 Å². The summed E-state index contributed by atoms with van der Waals surface area (Å²) in [6.07, 6.45) is -0.972. The predicted octanol–water partition coefficient (Wildman–Crippen LogP) is 2.37. The van der Waals surface area contributed by atoms with Crippen LogP contribution in [0.4, 0.5) is 4.39 Å². The molecule has 4 aliphatic rings. The summed E-state index contributed by atoms with van der Waals surface area (Å²) in [5.41, 5.74) is -6.38. The summed E-state index contributed by atoms with van der Waals surface area (Å²) < 4.78 is 18.0. The maximum Gasteiger partial charge on any atom is 0.303 e. The lowest BCUT2D eigenvalue weighted by molar-refractivity contribution is -0.221. The minimum Gasteiger partial charge on any atom is -0.481 e. The third-order valence-corrected chi connectivity index (χ3v) is 10.6. The SMILES string of the molecule is C[C@@H]1C[C@H]2[C@@H]3CCC4=CC(=O)C(CCC(=O)O)=C(CCC(=O)O)[C@]4(C)[C@@]3(F)[C@@H](O)C[C@]2(C)[C@@]1(O)C(=O)CO. The van der Waals surface area contributed by atoms with E-state index in [0.717, 1.165) is 0 Å². The molecule has 0 aromatic heterocycles. The first-order chi connectivity index (χ1) is 17.6. The fourth-order valence-electron chi connectivity index (χ4n) is 8.77. The molecule has 0 aromatic rings. The van der Waals surface area contributed by atoms with Crippen LogP contribution in [0.3, 0.4) is 0 Å². The van der Waals surface area contributed by atoms with E-state index in [1.807, 2.05) is 0 Å². The number of carboxylic acids is 2. The third kappa shape index (κ3) is 3.59. The minimum atomic E-state index is -2.36. The van der Waals surface area contributed by atoms with E-state index < -0.39 is 88.9 Å². The maximum absolute atomic E-state index is 18.0. The molecule has 8 atom stereocenters. The van der Waals surface area contributed by atoms with Crippen LogP contribution in [0.15, 0.2) is 22.8 Å². The van der Waals surface area contributed by atoms with Crippen molar-refractivity contribution in [2.75, 3.05) is 6.61 Å². The normalized spacial score (nSPS) is 42.2. The Labute approximate surface area is 220 Å². The van der Waals surface area contributed by atoms with Gasteiger partial charge in [-0.1, -0.05) is 19.4 Å². The standard InChI is InChI=1S/C28H37FO9/c1-14-10-19-18-6-4-15-11-20(31)16(5-8-23(34)35)17(7-9-24(36)37)26(15,3)27(18,29)21(32)12-25(19,2)28(14,38)22(33)13-30/h11,14,18-19,21,30,32,38H,4-10,12-13H2,1-3H3,(H,34,35)(H,36,37)/t14-,18+,19+,21+,25+,26-,27+,28+/m1/s1. The summed E-state index contributed by atoms with van der Waals surface area (Å²) >= 11 is 0. The molecule has 4 aliphatic carbocycles. The van der Waals surface area contributed by atoms with E-state index in [9.17, 15) is 44.7 Å². The zero-order valence-corrected chi connectivity index (χ0v) is 22.0. The Morgan fingerprint density at radius 2 is 1.68 bits per heavy atom. The number of ketones is 2. The number of carbonyl (C=O) groups is 4. The van der Waals surface area contributed by atoms with Gasteiger partial charge in [-0.2, -0.15) is 0 Å². The van der Waals surface area contributed by atoms with Crippen molar-refractivity contribution >= 4 is 23.5 Å². The van der Waals surface area contributed by atoms with Crippen LogP contribution in [-0.4, -0.2) is 73.0 Å². The second-order valence-corrected chi connectivity index (χ2v) is 12.0. The zero-order chi connectivity index (χ0) is 28.4. The van der Waals surface area contributed by atoms with Crippen LogP contribution in [0.1, 0.15) is 72.1 Å². The molecule has 0 unspecified atom stereocenters. The van der Waals surface area contributed by atoms with Gasteiger partial charge in [-0.05, 0) is 68.9 Å². The third-order valence-electron chi connectivity index (χ3n) is 10.6. The molecule has 0 amide bonds. The fraction of sp³-hybridized carbons (Fsp3) is 0.714. The second-order valence-electron chi connectivity index (χ2n) is 12.0. The van der Waals surface area contributed by atoms with Gasteiger partial charge in [0, 0.05) is 35.2 Å². The van der Waals surface area contributed by atoms with Crippen LogP contribution in [0.2, 0.25) is 0 Å². The lowest BCUT2D eigenvalue weighted by Crippen LogP contribution is -2.70. The number of hydrogen-bond acceptors (Lipinski definition) is 7. The van der Waals surface area contributed by atoms with Gasteiger partial charge in [0.25, 0.3) is 0 Å². The number of aliphatic carboxylic acids is 2. The molecule has 0 aliphatic heterocycles. The Morgan fingerprint density at radius 3 is 2.26 bits per heavy atom. The van der Waals surface area contributed by atoms with Gasteiger partial charge < -0.3 is 25.5 Å². The fourth-order valence-corrected chi connectivity index (χ4v) is 8.77. The van der Waals surface area contributed by atoms with Gasteiger partial charge >= 0.3 is 11.9 Å². The number of allylic oxidation sites excluding steroid dienone is 4. The van der Waals surface area contributed by atoms with E-state index in [-0.39, 0.29) is 43.3 Å². The molecule has 0 spiro atoms. The van der Waals surface area contributed by atoms with Crippen molar-refractivity contribution in [3.8, 4) is 0 Å². The van der Waals surface area contributed by atoms with Crippen molar-refractivity contribution in [1.29, 1.82) is 0 Å². The quantitative estimate of drug-likeness (QED) is 0.312. The number of fused-ring (bicyclic) bond motifs is 5. The smallest absolute Gasteiger partial charge is 0.303 e. The number of aliphatic hydroxyl groups is 3. The van der Waals surface area contributed by atoms with Crippen molar-refractivity contribution < 1.29 is 49.1 Å². The molecule has 3 fully saturated rings. The number of carboxylic acid groups (broad SMARTS) is 2. The molecule has 0 aromatic carbocycles. The highest BCUT2D eigenvalue weighted by atomic mass is 19.1. The summed E-state index contributed by atoms with van der Waals surface area (Å²) in [6.45, 7) is 4.03. The topological polar surface area (TPSA) is 169 Å². The molecule has 0 bridgehead atoms. The molecular formula is C28H37FO9. The van der Waals surface area contributed by atoms with Crippen LogP contribution < -0.4 is 0 Å². The van der Waals surface area contributed by atoms with Gasteiger partial charge in [-0.15, -0.1) is 0 Å². The first-order valence-electron chi connectivity index (χ1n) is 13.3.